The molecule has 2 aromatic rings. The molecule has 124 valence electrons. The zero-order valence-corrected chi connectivity index (χ0v) is 15.9. The number of nitrogens with one attached hydrogen (secondary N) is 2. The number of hydrogen-bond acceptors (Lipinski definition) is 2. The van der Waals surface area contributed by atoms with E-state index in [4.69, 9.17) is 4.74 Å². The molecule has 2 aromatic carbocycles. The molecule has 0 fully saturated rings. The van der Waals surface area contributed by atoms with Gasteiger partial charge in [0.1, 0.15) is 12.4 Å². The van der Waals surface area contributed by atoms with Crippen LogP contribution in [0.4, 0.5) is 0 Å². The van der Waals surface area contributed by atoms with Gasteiger partial charge in [-0.2, -0.15) is 0 Å². The lowest BCUT2D eigenvalue weighted by molar-refractivity contribution is 0.306. The van der Waals surface area contributed by atoms with Gasteiger partial charge in [0.15, 0.2) is 5.96 Å². The largest absolute Gasteiger partial charge is 0.489 e. The maximum absolute atomic E-state index is 5.85. The van der Waals surface area contributed by atoms with E-state index in [9.17, 15) is 0 Å². The van der Waals surface area contributed by atoms with Gasteiger partial charge in [-0.1, -0.05) is 42.5 Å². The smallest absolute Gasteiger partial charge is 0.190 e. The minimum absolute atomic E-state index is 0. The minimum atomic E-state index is 0. The summed E-state index contributed by atoms with van der Waals surface area (Å²) in [4.78, 5) is 4.09. The van der Waals surface area contributed by atoms with Gasteiger partial charge < -0.3 is 15.4 Å². The Morgan fingerprint density at radius 1 is 1.04 bits per heavy atom. The van der Waals surface area contributed by atoms with Gasteiger partial charge in [-0.05, 0) is 29.7 Å². The summed E-state index contributed by atoms with van der Waals surface area (Å²) in [5.74, 6) is 1.70. The van der Waals surface area contributed by atoms with Crippen molar-refractivity contribution < 1.29 is 4.74 Å². The molecule has 0 saturated carbocycles. The molecule has 4 nitrogen and oxygen atoms in total. The fourth-order valence-electron chi connectivity index (χ4n) is 2.14. The molecule has 0 bridgehead atoms. The Morgan fingerprint density at radius 2 is 1.78 bits per heavy atom. The van der Waals surface area contributed by atoms with Crippen molar-refractivity contribution >= 4 is 29.9 Å². The molecule has 0 aliphatic rings. The highest BCUT2D eigenvalue weighted by molar-refractivity contribution is 14.0. The molecule has 0 aromatic heterocycles. The Morgan fingerprint density at radius 3 is 2.48 bits per heavy atom. The quantitative estimate of drug-likeness (QED) is 0.425. The maximum Gasteiger partial charge on any atom is 0.190 e. The standard InChI is InChI=1S/C18H23N3O.HI/c1-19-18(20-2)21-12-11-15-9-6-10-17(13-15)22-14-16-7-4-3-5-8-16;/h3-10,13H,11-12,14H2,1-2H3,(H2,19,20,21);1H. The second-order valence-electron chi connectivity index (χ2n) is 4.92. The first-order valence-corrected chi connectivity index (χ1v) is 7.46. The van der Waals surface area contributed by atoms with Crippen LogP contribution in [0.2, 0.25) is 0 Å². The molecule has 0 radical (unpaired) electrons. The van der Waals surface area contributed by atoms with E-state index in [2.05, 4.69) is 39.9 Å². The van der Waals surface area contributed by atoms with E-state index >= 15 is 0 Å². The second kappa shape index (κ2) is 10.9. The molecule has 2 N–H and O–H groups in total. The molecule has 0 aliphatic carbocycles. The number of hydrogen-bond donors (Lipinski definition) is 2. The second-order valence-corrected chi connectivity index (χ2v) is 4.92. The van der Waals surface area contributed by atoms with Crippen molar-refractivity contribution in [3.05, 3.63) is 65.7 Å². The summed E-state index contributed by atoms with van der Waals surface area (Å²) in [6, 6.07) is 18.4. The van der Waals surface area contributed by atoms with E-state index in [-0.39, 0.29) is 24.0 Å². The number of rotatable bonds is 6. The molecule has 0 unspecified atom stereocenters. The summed E-state index contributed by atoms with van der Waals surface area (Å²) in [7, 11) is 3.62. The highest BCUT2D eigenvalue weighted by atomic mass is 127. The first kappa shape index (κ1) is 19.3. The monoisotopic (exact) mass is 425 g/mol. The minimum Gasteiger partial charge on any atom is -0.489 e. The first-order chi connectivity index (χ1) is 10.8. The van der Waals surface area contributed by atoms with Crippen molar-refractivity contribution in [2.75, 3.05) is 20.6 Å². The number of halogens is 1. The van der Waals surface area contributed by atoms with E-state index in [0.717, 1.165) is 24.7 Å². The summed E-state index contributed by atoms with van der Waals surface area (Å²) >= 11 is 0. The fraction of sp³-hybridized carbons (Fsp3) is 0.278. The lowest BCUT2D eigenvalue weighted by Gasteiger charge is -2.10. The van der Waals surface area contributed by atoms with Crippen molar-refractivity contribution in [1.29, 1.82) is 0 Å². The van der Waals surface area contributed by atoms with Gasteiger partial charge in [-0.25, -0.2) is 0 Å². The van der Waals surface area contributed by atoms with E-state index in [1.807, 2.05) is 37.4 Å². The van der Waals surface area contributed by atoms with Crippen LogP contribution in [0.3, 0.4) is 0 Å². The summed E-state index contributed by atoms with van der Waals surface area (Å²) < 4.78 is 5.85. The molecule has 5 heteroatoms. The van der Waals surface area contributed by atoms with Gasteiger partial charge in [0.2, 0.25) is 0 Å². The lowest BCUT2D eigenvalue weighted by Crippen LogP contribution is -2.35. The lowest BCUT2D eigenvalue weighted by atomic mass is 10.1. The summed E-state index contributed by atoms with van der Waals surface area (Å²) in [5, 5.41) is 6.24. The SMILES string of the molecule is CN=C(NC)NCCc1cccc(OCc2ccccc2)c1.I. The fourth-order valence-corrected chi connectivity index (χ4v) is 2.14. The van der Waals surface area contributed by atoms with Crippen molar-refractivity contribution in [3.8, 4) is 5.75 Å². The predicted octanol–water partition coefficient (Wildman–Crippen LogP) is 3.22. The van der Waals surface area contributed by atoms with Gasteiger partial charge >= 0.3 is 0 Å². The molecule has 0 aliphatic heterocycles. The first-order valence-electron chi connectivity index (χ1n) is 7.46. The summed E-state index contributed by atoms with van der Waals surface area (Å²) in [5.41, 5.74) is 2.41. The normalized spacial score (nSPS) is 10.6. The topological polar surface area (TPSA) is 45.7 Å². The van der Waals surface area contributed by atoms with E-state index in [1.54, 1.807) is 7.05 Å². The van der Waals surface area contributed by atoms with Crippen LogP contribution in [-0.4, -0.2) is 26.6 Å². The van der Waals surface area contributed by atoms with Crippen LogP contribution in [0.5, 0.6) is 5.75 Å². The average Bonchev–Trinajstić information content (AvgIpc) is 2.58. The highest BCUT2D eigenvalue weighted by Crippen LogP contribution is 2.15. The van der Waals surface area contributed by atoms with E-state index in [0.29, 0.717) is 6.61 Å². The molecule has 0 spiro atoms. The number of guanidine groups is 1. The van der Waals surface area contributed by atoms with Gasteiger partial charge in [0.05, 0.1) is 0 Å². The molecular weight excluding hydrogens is 401 g/mol. The third kappa shape index (κ3) is 6.90. The van der Waals surface area contributed by atoms with Crippen LogP contribution >= 0.6 is 24.0 Å². The van der Waals surface area contributed by atoms with Crippen LogP contribution in [0.15, 0.2) is 59.6 Å². The molecule has 23 heavy (non-hydrogen) atoms. The molecule has 0 saturated heterocycles. The molecule has 0 amide bonds. The molecular formula is C18H24IN3O. The van der Waals surface area contributed by atoms with E-state index in [1.165, 1.54) is 11.1 Å². The van der Waals surface area contributed by atoms with Crippen LogP contribution < -0.4 is 15.4 Å². The van der Waals surface area contributed by atoms with Crippen LogP contribution in [0, 0.1) is 0 Å². The van der Waals surface area contributed by atoms with Crippen molar-refractivity contribution in [2.45, 2.75) is 13.0 Å². The summed E-state index contributed by atoms with van der Waals surface area (Å²) in [6.45, 7) is 1.42. The Kier molecular flexibility index (Phi) is 9.12. The highest BCUT2D eigenvalue weighted by Gasteiger charge is 1.99. The number of nitrogens with zero attached hydrogens (tertiary/aromatic N) is 1. The van der Waals surface area contributed by atoms with Crippen LogP contribution in [0.1, 0.15) is 11.1 Å². The van der Waals surface area contributed by atoms with Gasteiger partial charge in [0, 0.05) is 20.6 Å². The van der Waals surface area contributed by atoms with Gasteiger partial charge in [-0.15, -0.1) is 24.0 Å². The van der Waals surface area contributed by atoms with Gasteiger partial charge in [-0.3, -0.25) is 4.99 Å². The predicted molar refractivity (Wildman–Crippen MR) is 107 cm³/mol. The molecule has 0 heterocycles. The number of benzene rings is 2. The van der Waals surface area contributed by atoms with E-state index < -0.39 is 0 Å². The third-order valence-corrected chi connectivity index (χ3v) is 3.31. The van der Waals surface area contributed by atoms with Crippen molar-refractivity contribution in [1.82, 2.24) is 10.6 Å². The number of aliphatic imine (C=N–C) groups is 1. The zero-order valence-electron chi connectivity index (χ0n) is 13.6. The van der Waals surface area contributed by atoms with Crippen molar-refractivity contribution in [3.63, 3.8) is 0 Å². The Balaban J connectivity index is 0.00000264. The van der Waals surface area contributed by atoms with Crippen LogP contribution in [0.25, 0.3) is 0 Å². The zero-order chi connectivity index (χ0) is 15.6. The van der Waals surface area contributed by atoms with Gasteiger partial charge in [0.25, 0.3) is 0 Å². The third-order valence-electron chi connectivity index (χ3n) is 3.31. The number of ether oxygens (including phenoxy) is 1. The Labute approximate surface area is 155 Å². The maximum atomic E-state index is 5.85. The summed E-state index contributed by atoms with van der Waals surface area (Å²) in [6.07, 6.45) is 0.920. The molecule has 0 atom stereocenters. The Bertz CT molecular complexity index is 602. The van der Waals surface area contributed by atoms with Crippen LogP contribution in [-0.2, 0) is 13.0 Å². The molecule has 2 rings (SSSR count). The Hall–Kier alpha value is -1.76. The average molecular weight is 425 g/mol. The van der Waals surface area contributed by atoms with Crippen molar-refractivity contribution in [2.24, 2.45) is 4.99 Å².